The number of hydrogen-bond acceptors (Lipinski definition) is 1. The van der Waals surface area contributed by atoms with E-state index >= 15 is 0 Å². The molecule has 0 spiro atoms. The first-order chi connectivity index (χ1) is 6.30. The van der Waals surface area contributed by atoms with E-state index in [1.165, 1.54) is 0 Å². The maximum Gasteiger partial charge on any atom is 2.00 e. The van der Waals surface area contributed by atoms with Crippen LogP contribution in [0.25, 0.3) is 0 Å². The fourth-order valence-electron chi connectivity index (χ4n) is 0.618. The van der Waals surface area contributed by atoms with Crippen LogP contribution in [0, 0.1) is 48.5 Å². The second-order valence-electron chi connectivity index (χ2n) is 2.27. The van der Waals surface area contributed by atoms with Crippen LogP contribution < -0.4 is 0 Å². The van der Waals surface area contributed by atoms with E-state index in [2.05, 4.69) is 48.5 Å². The predicted octanol–water partition coefficient (Wildman–Crippen LogP) is 1.26. The van der Waals surface area contributed by atoms with Crippen LogP contribution in [0.4, 0.5) is 0 Å². The van der Waals surface area contributed by atoms with Crippen molar-refractivity contribution >= 4 is 0 Å². The van der Waals surface area contributed by atoms with E-state index in [1.54, 1.807) is 13.0 Å². The molecule has 0 aliphatic heterocycles. The van der Waals surface area contributed by atoms with Crippen molar-refractivity contribution in [1.82, 2.24) is 0 Å². The minimum Gasteiger partial charge on any atom is -0.999 e. The summed E-state index contributed by atoms with van der Waals surface area (Å²) in [5.41, 5.74) is 0.630. The average molecular weight is 222 g/mol. The van der Waals surface area contributed by atoms with Gasteiger partial charge in [0, 0.05) is 0 Å². The Kier molecular flexibility index (Phi) is 7.13. The summed E-state index contributed by atoms with van der Waals surface area (Å²) < 4.78 is 0. The second kappa shape index (κ2) is 7.57. The van der Waals surface area contributed by atoms with Gasteiger partial charge in [0.25, 0.3) is 0 Å². The Labute approximate surface area is 95.6 Å². The first-order valence-electron chi connectivity index (χ1n) is 3.70. The Hall–Kier alpha value is -0.821. The summed E-state index contributed by atoms with van der Waals surface area (Å²) in [6, 6.07) is 22.4. The summed E-state index contributed by atoms with van der Waals surface area (Å²) in [5, 5.41) is 8.81. The minimum atomic E-state index is -0.488. The maximum atomic E-state index is 8.81. The molecule has 0 aromatic heterocycles. The van der Waals surface area contributed by atoms with Crippen LogP contribution in [0.2, 0.25) is 0 Å². The zero-order valence-electron chi connectivity index (χ0n) is 7.46. The fourth-order valence-corrected chi connectivity index (χ4v) is 0.618. The van der Waals surface area contributed by atoms with E-state index < -0.39 is 6.10 Å². The smallest absolute Gasteiger partial charge is 0.999 e. The normalized spacial score (nSPS) is 10.7. The van der Waals surface area contributed by atoms with Gasteiger partial charge in [-0.15, -0.1) is 6.10 Å². The maximum absolute atomic E-state index is 8.81. The zero-order chi connectivity index (χ0) is 9.52. The van der Waals surface area contributed by atoms with Gasteiger partial charge >= 0.3 is 17.1 Å². The van der Waals surface area contributed by atoms with Crippen molar-refractivity contribution in [3.05, 3.63) is 60.2 Å². The van der Waals surface area contributed by atoms with Crippen molar-refractivity contribution in [2.75, 3.05) is 0 Å². The molecule has 2 aromatic carbocycles. The predicted molar refractivity (Wildman–Crippen MR) is 45.4 cm³/mol. The zero-order valence-corrected chi connectivity index (χ0v) is 8.56. The molecule has 1 N–H and O–H groups in total. The van der Waals surface area contributed by atoms with Crippen LogP contribution in [-0.4, -0.2) is 5.11 Å². The first-order valence-corrected chi connectivity index (χ1v) is 3.70. The molecule has 2 heteroatoms. The number of aliphatic hydroxyl groups is 1. The second-order valence-corrected chi connectivity index (χ2v) is 2.27. The van der Waals surface area contributed by atoms with Crippen molar-refractivity contribution in [2.45, 2.75) is 13.0 Å². The number of aliphatic hydroxyl groups excluding tert-OH is 1. The third kappa shape index (κ3) is 5.03. The molecular weight excluding hydrogens is 216 g/mol. The van der Waals surface area contributed by atoms with Gasteiger partial charge in [-0.05, 0) is 0 Å². The van der Waals surface area contributed by atoms with Crippen LogP contribution >= 0.6 is 0 Å². The van der Waals surface area contributed by atoms with E-state index in [1.807, 2.05) is 0 Å². The van der Waals surface area contributed by atoms with Crippen molar-refractivity contribution < 1.29 is 22.2 Å². The van der Waals surface area contributed by atoms with E-state index in [0.717, 1.165) is 0 Å². The SMILES string of the molecule is C[C@H](O)[c-]1[c-][c-][c-][c-]1.[Fe+2].[c-]1[c-][c-][cH-][c-]1. The molecule has 0 aliphatic rings. The van der Waals surface area contributed by atoms with Gasteiger partial charge in [-0.1, -0.05) is 6.92 Å². The number of hydrogen-bond donors (Lipinski definition) is 1. The summed E-state index contributed by atoms with van der Waals surface area (Å²) in [5.74, 6) is 0. The largest absolute Gasteiger partial charge is 2.00 e. The Morgan fingerprint density at radius 1 is 1.07 bits per heavy atom. The molecule has 0 fully saturated rings. The van der Waals surface area contributed by atoms with Crippen molar-refractivity contribution in [1.29, 1.82) is 0 Å². The fraction of sp³-hybridized carbons (Fsp3) is 0.167. The Morgan fingerprint density at radius 2 is 1.57 bits per heavy atom. The molecule has 1 nitrogen and oxygen atoms in total. The van der Waals surface area contributed by atoms with Gasteiger partial charge in [0.2, 0.25) is 0 Å². The summed E-state index contributed by atoms with van der Waals surface area (Å²) in [7, 11) is 0. The minimum absolute atomic E-state index is 0. The standard InChI is InChI=1S/C7H5O.C5H.Fe/c1-6(8)7-4-2-3-5-7;1-2-4-5-3-1;/h6,8H,1H3;1H;/q2*-5;+2/t6-;;/m0../s1. The van der Waals surface area contributed by atoms with E-state index in [4.69, 9.17) is 5.11 Å². The summed E-state index contributed by atoms with van der Waals surface area (Å²) in [4.78, 5) is 0. The molecule has 0 saturated carbocycles. The van der Waals surface area contributed by atoms with E-state index in [9.17, 15) is 0 Å². The molecule has 0 amide bonds. The third-order valence-corrected chi connectivity index (χ3v) is 1.23. The molecule has 1 atom stereocenters. The van der Waals surface area contributed by atoms with Crippen LogP contribution in [-0.2, 0) is 17.1 Å². The number of rotatable bonds is 1. The van der Waals surface area contributed by atoms with Gasteiger partial charge in [-0.2, -0.15) is 0 Å². The van der Waals surface area contributed by atoms with E-state index in [-0.39, 0.29) is 17.1 Å². The molecule has 14 heavy (non-hydrogen) atoms. The molecule has 0 saturated heterocycles. The van der Waals surface area contributed by atoms with Crippen LogP contribution in [0.3, 0.4) is 0 Å². The Morgan fingerprint density at radius 3 is 1.79 bits per heavy atom. The molecule has 0 aliphatic carbocycles. The monoisotopic (exact) mass is 222 g/mol. The first kappa shape index (κ1) is 13.2. The molecule has 2 aromatic rings. The van der Waals surface area contributed by atoms with Crippen molar-refractivity contribution in [3.8, 4) is 0 Å². The van der Waals surface area contributed by atoms with Gasteiger partial charge in [0.15, 0.2) is 0 Å². The van der Waals surface area contributed by atoms with Crippen LogP contribution in [0.15, 0.2) is 6.07 Å². The van der Waals surface area contributed by atoms with Crippen molar-refractivity contribution in [3.63, 3.8) is 0 Å². The molecule has 0 bridgehead atoms. The Balaban J connectivity index is 0.000000246. The molecule has 2 rings (SSSR count). The molecule has 0 heterocycles. The van der Waals surface area contributed by atoms with Gasteiger partial charge < -0.3 is 65.3 Å². The van der Waals surface area contributed by atoms with Crippen molar-refractivity contribution in [2.24, 2.45) is 0 Å². The quantitative estimate of drug-likeness (QED) is 0.568. The Bertz CT molecular complexity index is 265. The summed E-state index contributed by atoms with van der Waals surface area (Å²) in [6.45, 7) is 1.66. The molecule has 0 unspecified atom stereocenters. The summed E-state index contributed by atoms with van der Waals surface area (Å²) in [6.07, 6.45) is -0.488. The molecule has 0 radical (unpaired) electrons. The van der Waals surface area contributed by atoms with Gasteiger partial charge in [-0.25, -0.2) is 0 Å². The topological polar surface area (TPSA) is 20.2 Å². The van der Waals surface area contributed by atoms with E-state index in [0.29, 0.717) is 5.56 Å². The van der Waals surface area contributed by atoms with Gasteiger partial charge in [0.1, 0.15) is 0 Å². The van der Waals surface area contributed by atoms with Crippen LogP contribution in [0.1, 0.15) is 18.6 Å². The third-order valence-electron chi connectivity index (χ3n) is 1.23. The van der Waals surface area contributed by atoms with Crippen LogP contribution in [0.5, 0.6) is 0 Å². The molecular formula is C12H6FeO-8. The molecule has 76 valence electrons. The summed E-state index contributed by atoms with van der Waals surface area (Å²) >= 11 is 0. The van der Waals surface area contributed by atoms with Gasteiger partial charge in [0.05, 0.1) is 0 Å². The van der Waals surface area contributed by atoms with Gasteiger partial charge in [-0.3, -0.25) is 0 Å². The average Bonchev–Trinajstić information content (AvgIpc) is 2.82.